The Balaban J connectivity index is 1.98. The number of benzene rings is 2. The SMILES string of the molecule is CN(C)C(=O)c1ccc(CNC(=NCc2ccccc2)N(C)C)cc1. The lowest BCUT2D eigenvalue weighted by Gasteiger charge is -2.18. The lowest BCUT2D eigenvalue weighted by atomic mass is 10.1. The summed E-state index contributed by atoms with van der Waals surface area (Å²) in [6, 6.07) is 17.8. The molecule has 132 valence electrons. The van der Waals surface area contributed by atoms with Crippen LogP contribution in [0.5, 0.6) is 0 Å². The predicted octanol–water partition coefficient (Wildman–Crippen LogP) is 2.60. The molecule has 0 atom stereocenters. The van der Waals surface area contributed by atoms with E-state index < -0.39 is 0 Å². The van der Waals surface area contributed by atoms with Gasteiger partial charge in [-0.3, -0.25) is 4.79 Å². The van der Waals surface area contributed by atoms with Crippen molar-refractivity contribution in [1.82, 2.24) is 15.1 Å². The van der Waals surface area contributed by atoms with Gasteiger partial charge in [-0.05, 0) is 23.3 Å². The number of amides is 1. The van der Waals surface area contributed by atoms with E-state index in [0.717, 1.165) is 11.5 Å². The van der Waals surface area contributed by atoms with Crippen LogP contribution in [0.3, 0.4) is 0 Å². The first-order valence-electron chi connectivity index (χ1n) is 8.27. The molecule has 0 bridgehead atoms. The molecule has 0 spiro atoms. The molecule has 2 rings (SSSR count). The van der Waals surface area contributed by atoms with Crippen molar-refractivity contribution in [3.8, 4) is 0 Å². The van der Waals surface area contributed by atoms with E-state index in [1.807, 2.05) is 61.5 Å². The smallest absolute Gasteiger partial charge is 0.253 e. The number of carbonyl (C=O) groups excluding carboxylic acids is 1. The first-order valence-corrected chi connectivity index (χ1v) is 8.27. The Bertz CT molecular complexity index is 706. The fraction of sp³-hybridized carbons (Fsp3) is 0.300. The number of guanidine groups is 1. The molecule has 0 aliphatic heterocycles. The molecular weight excluding hydrogens is 312 g/mol. The minimum atomic E-state index is 0.0120. The number of nitrogens with one attached hydrogen (secondary N) is 1. The predicted molar refractivity (Wildman–Crippen MR) is 103 cm³/mol. The highest BCUT2D eigenvalue weighted by atomic mass is 16.2. The highest BCUT2D eigenvalue weighted by Crippen LogP contribution is 2.07. The van der Waals surface area contributed by atoms with Gasteiger partial charge in [-0.2, -0.15) is 0 Å². The Morgan fingerprint density at radius 1 is 0.880 bits per heavy atom. The van der Waals surface area contributed by atoms with Crippen molar-refractivity contribution >= 4 is 11.9 Å². The molecule has 2 aromatic carbocycles. The first-order chi connectivity index (χ1) is 12.0. The number of carbonyl (C=O) groups is 1. The maximum Gasteiger partial charge on any atom is 0.253 e. The van der Waals surface area contributed by atoms with Gasteiger partial charge >= 0.3 is 0 Å². The molecule has 0 aliphatic rings. The van der Waals surface area contributed by atoms with Crippen LogP contribution in [0, 0.1) is 0 Å². The first kappa shape index (κ1) is 18.5. The Morgan fingerprint density at radius 3 is 2.08 bits per heavy atom. The fourth-order valence-corrected chi connectivity index (χ4v) is 2.31. The average molecular weight is 338 g/mol. The Morgan fingerprint density at radius 2 is 1.52 bits per heavy atom. The third-order valence-electron chi connectivity index (χ3n) is 3.74. The van der Waals surface area contributed by atoms with Crippen molar-refractivity contribution in [2.75, 3.05) is 28.2 Å². The second kappa shape index (κ2) is 8.87. The molecule has 0 heterocycles. The van der Waals surface area contributed by atoms with Crippen LogP contribution in [0.25, 0.3) is 0 Å². The summed E-state index contributed by atoms with van der Waals surface area (Å²) in [5, 5.41) is 3.36. The van der Waals surface area contributed by atoms with Gasteiger partial charge in [0, 0.05) is 40.3 Å². The summed E-state index contributed by atoms with van der Waals surface area (Å²) >= 11 is 0. The number of hydrogen-bond donors (Lipinski definition) is 1. The molecule has 0 saturated carbocycles. The quantitative estimate of drug-likeness (QED) is 0.673. The summed E-state index contributed by atoms with van der Waals surface area (Å²) in [6.07, 6.45) is 0. The lowest BCUT2D eigenvalue weighted by Crippen LogP contribution is -2.36. The summed E-state index contributed by atoms with van der Waals surface area (Å²) in [7, 11) is 7.44. The lowest BCUT2D eigenvalue weighted by molar-refractivity contribution is 0.0827. The van der Waals surface area contributed by atoms with Crippen molar-refractivity contribution in [2.24, 2.45) is 4.99 Å². The second-order valence-corrected chi connectivity index (χ2v) is 6.27. The highest BCUT2D eigenvalue weighted by molar-refractivity contribution is 5.93. The topological polar surface area (TPSA) is 47.9 Å². The summed E-state index contributed by atoms with van der Waals surface area (Å²) in [4.78, 5) is 20.1. The van der Waals surface area contributed by atoms with E-state index >= 15 is 0 Å². The third-order valence-corrected chi connectivity index (χ3v) is 3.74. The van der Waals surface area contributed by atoms with E-state index in [0.29, 0.717) is 18.7 Å². The summed E-state index contributed by atoms with van der Waals surface area (Å²) < 4.78 is 0. The molecule has 0 unspecified atom stereocenters. The Labute approximate surface area is 150 Å². The molecule has 1 amide bonds. The van der Waals surface area contributed by atoms with Crippen LogP contribution in [-0.2, 0) is 13.1 Å². The molecule has 0 radical (unpaired) electrons. The number of aliphatic imine (C=N–C) groups is 1. The molecule has 5 heteroatoms. The molecule has 0 saturated heterocycles. The summed E-state index contributed by atoms with van der Waals surface area (Å²) in [5.74, 6) is 0.843. The van der Waals surface area contributed by atoms with Gasteiger partial charge in [0.05, 0.1) is 6.54 Å². The van der Waals surface area contributed by atoms with Gasteiger partial charge in [-0.25, -0.2) is 4.99 Å². The molecule has 25 heavy (non-hydrogen) atoms. The van der Waals surface area contributed by atoms with Gasteiger partial charge < -0.3 is 15.1 Å². The minimum absolute atomic E-state index is 0.0120. The van der Waals surface area contributed by atoms with Crippen molar-refractivity contribution in [3.63, 3.8) is 0 Å². The number of hydrogen-bond acceptors (Lipinski definition) is 2. The zero-order valence-corrected chi connectivity index (χ0v) is 15.4. The van der Waals surface area contributed by atoms with E-state index in [4.69, 9.17) is 0 Å². The molecule has 2 aromatic rings. The largest absolute Gasteiger partial charge is 0.352 e. The van der Waals surface area contributed by atoms with Crippen LogP contribution in [-0.4, -0.2) is 49.9 Å². The second-order valence-electron chi connectivity index (χ2n) is 6.27. The standard InChI is InChI=1S/C20H26N4O/c1-23(2)19(25)18-12-10-17(11-13-18)15-22-20(24(3)4)21-14-16-8-6-5-7-9-16/h5-13H,14-15H2,1-4H3,(H,21,22). The number of rotatable bonds is 5. The van der Waals surface area contributed by atoms with Gasteiger partial charge in [0.25, 0.3) is 5.91 Å². The molecular formula is C20H26N4O. The monoisotopic (exact) mass is 338 g/mol. The summed E-state index contributed by atoms with van der Waals surface area (Å²) in [5.41, 5.74) is 2.97. The van der Waals surface area contributed by atoms with Gasteiger partial charge in [-0.1, -0.05) is 42.5 Å². The highest BCUT2D eigenvalue weighted by Gasteiger charge is 2.07. The van der Waals surface area contributed by atoms with Gasteiger partial charge in [0.2, 0.25) is 0 Å². The molecule has 0 aromatic heterocycles. The van der Waals surface area contributed by atoms with Crippen LogP contribution < -0.4 is 5.32 Å². The molecule has 0 fully saturated rings. The van der Waals surface area contributed by atoms with Crippen molar-refractivity contribution in [3.05, 3.63) is 71.3 Å². The Hall–Kier alpha value is -2.82. The fourth-order valence-electron chi connectivity index (χ4n) is 2.31. The van der Waals surface area contributed by atoms with Gasteiger partial charge in [0.1, 0.15) is 0 Å². The Kier molecular flexibility index (Phi) is 6.57. The zero-order chi connectivity index (χ0) is 18.2. The van der Waals surface area contributed by atoms with E-state index in [1.54, 1.807) is 19.0 Å². The van der Waals surface area contributed by atoms with Crippen LogP contribution in [0.2, 0.25) is 0 Å². The maximum atomic E-state index is 11.9. The van der Waals surface area contributed by atoms with Gasteiger partial charge in [0.15, 0.2) is 5.96 Å². The minimum Gasteiger partial charge on any atom is -0.352 e. The van der Waals surface area contributed by atoms with Crippen LogP contribution in [0.1, 0.15) is 21.5 Å². The van der Waals surface area contributed by atoms with E-state index in [-0.39, 0.29) is 5.91 Å². The molecule has 0 aliphatic carbocycles. The van der Waals surface area contributed by atoms with Gasteiger partial charge in [-0.15, -0.1) is 0 Å². The molecule has 5 nitrogen and oxygen atoms in total. The van der Waals surface area contributed by atoms with Crippen LogP contribution in [0.15, 0.2) is 59.6 Å². The normalized spacial score (nSPS) is 11.1. The van der Waals surface area contributed by atoms with Crippen molar-refractivity contribution in [2.45, 2.75) is 13.1 Å². The number of nitrogens with zero attached hydrogens (tertiary/aromatic N) is 3. The maximum absolute atomic E-state index is 11.9. The van der Waals surface area contributed by atoms with Crippen LogP contribution >= 0.6 is 0 Å². The van der Waals surface area contributed by atoms with Crippen molar-refractivity contribution < 1.29 is 4.79 Å². The van der Waals surface area contributed by atoms with E-state index in [2.05, 4.69) is 22.4 Å². The van der Waals surface area contributed by atoms with Crippen molar-refractivity contribution in [1.29, 1.82) is 0 Å². The van der Waals surface area contributed by atoms with E-state index in [1.165, 1.54) is 5.56 Å². The summed E-state index contributed by atoms with van der Waals surface area (Å²) in [6.45, 7) is 1.29. The molecule has 1 N–H and O–H groups in total. The zero-order valence-electron chi connectivity index (χ0n) is 15.4. The average Bonchev–Trinajstić information content (AvgIpc) is 2.62. The van der Waals surface area contributed by atoms with Crippen LogP contribution in [0.4, 0.5) is 0 Å². The third kappa shape index (κ3) is 5.64. The van der Waals surface area contributed by atoms with E-state index in [9.17, 15) is 4.79 Å².